The van der Waals surface area contributed by atoms with Crippen LogP contribution in [0.4, 0.5) is 0 Å². The van der Waals surface area contributed by atoms with Gasteiger partial charge in [0.15, 0.2) is 0 Å². The second-order valence-electron chi connectivity index (χ2n) is 4.50. The molecule has 0 bridgehead atoms. The van der Waals surface area contributed by atoms with Gasteiger partial charge in [-0.25, -0.2) is 0 Å². The van der Waals surface area contributed by atoms with Gasteiger partial charge in [0.25, 0.3) is 0 Å². The highest BCUT2D eigenvalue weighted by Crippen LogP contribution is 2.46. The van der Waals surface area contributed by atoms with E-state index in [9.17, 15) is 0 Å². The van der Waals surface area contributed by atoms with E-state index in [1.165, 1.54) is 24.0 Å². The van der Waals surface area contributed by atoms with Crippen LogP contribution in [0.1, 0.15) is 49.7 Å². The lowest BCUT2D eigenvalue weighted by Gasteiger charge is -2.17. The van der Waals surface area contributed by atoms with Crippen LogP contribution in [0.2, 0.25) is 0 Å². The molecular formula is C15H20O. The fourth-order valence-corrected chi connectivity index (χ4v) is 2.09. The molecule has 1 aliphatic rings. The van der Waals surface area contributed by atoms with Crippen molar-refractivity contribution in [3.05, 3.63) is 42.0 Å². The molecule has 0 radical (unpaired) electrons. The van der Waals surface area contributed by atoms with E-state index in [0.29, 0.717) is 5.92 Å². The van der Waals surface area contributed by atoms with Gasteiger partial charge in [-0.05, 0) is 31.2 Å². The summed E-state index contributed by atoms with van der Waals surface area (Å²) in [6, 6.07) is 6.51. The molecule has 86 valence electrons. The van der Waals surface area contributed by atoms with Crippen molar-refractivity contribution in [3.63, 3.8) is 0 Å². The molecule has 1 unspecified atom stereocenters. The molecule has 1 fully saturated rings. The summed E-state index contributed by atoms with van der Waals surface area (Å²) >= 11 is 0. The smallest absolute Gasteiger partial charge is 0.126 e. The number of rotatable bonds is 5. The van der Waals surface area contributed by atoms with Crippen LogP contribution in [0.15, 0.2) is 30.9 Å². The van der Waals surface area contributed by atoms with Gasteiger partial charge < -0.3 is 4.74 Å². The Hall–Kier alpha value is -1.24. The van der Waals surface area contributed by atoms with E-state index in [2.05, 4.69) is 31.7 Å². The molecule has 1 heteroatoms. The molecule has 1 atom stereocenters. The number of ether oxygens (including phenoxy) is 1. The Labute approximate surface area is 98.1 Å². The first-order valence-electron chi connectivity index (χ1n) is 6.16. The monoisotopic (exact) mass is 216 g/mol. The lowest BCUT2D eigenvalue weighted by molar-refractivity contribution is 0.332. The summed E-state index contributed by atoms with van der Waals surface area (Å²) < 4.78 is 5.84. The maximum Gasteiger partial charge on any atom is 0.126 e. The Bertz CT molecular complexity index is 377. The summed E-state index contributed by atoms with van der Waals surface area (Å²) in [4.78, 5) is 0. The van der Waals surface area contributed by atoms with E-state index in [0.717, 1.165) is 18.3 Å². The van der Waals surface area contributed by atoms with Gasteiger partial charge in [0, 0.05) is 11.5 Å². The van der Waals surface area contributed by atoms with Crippen molar-refractivity contribution in [1.29, 1.82) is 0 Å². The highest BCUT2D eigenvalue weighted by atomic mass is 16.5. The summed E-state index contributed by atoms with van der Waals surface area (Å²) in [6.07, 6.45) is 4.60. The van der Waals surface area contributed by atoms with E-state index in [4.69, 9.17) is 4.74 Å². The molecule has 1 saturated carbocycles. The molecule has 16 heavy (non-hydrogen) atoms. The average molecular weight is 216 g/mol. The third-order valence-corrected chi connectivity index (χ3v) is 3.23. The number of para-hydroxylation sites is 1. The molecule has 1 aliphatic carbocycles. The molecule has 1 aromatic rings. The van der Waals surface area contributed by atoms with Crippen molar-refractivity contribution in [2.75, 3.05) is 6.61 Å². The zero-order chi connectivity index (χ0) is 11.5. The normalized spacial score (nSPS) is 16.9. The average Bonchev–Trinajstić information content (AvgIpc) is 3.13. The van der Waals surface area contributed by atoms with Gasteiger partial charge in [0.1, 0.15) is 5.75 Å². The number of hydrogen-bond donors (Lipinski definition) is 0. The third kappa shape index (κ3) is 2.13. The Balaban J connectivity index is 2.41. The first-order valence-corrected chi connectivity index (χ1v) is 6.16. The van der Waals surface area contributed by atoms with Gasteiger partial charge in [-0.3, -0.25) is 0 Å². The quantitative estimate of drug-likeness (QED) is 0.668. The van der Waals surface area contributed by atoms with Crippen LogP contribution in [-0.4, -0.2) is 6.61 Å². The molecule has 0 amide bonds. The predicted octanol–water partition coefficient (Wildman–Crippen LogP) is 4.25. The standard InChI is InChI=1S/C15H20O/c1-4-11(3)13-7-6-8-14(12-9-10-12)15(13)16-5-2/h4,6-8,11-12H,1,5,9-10H2,2-3H3. The van der Waals surface area contributed by atoms with Crippen molar-refractivity contribution in [3.8, 4) is 5.75 Å². The fraction of sp³-hybridized carbons (Fsp3) is 0.467. The highest BCUT2D eigenvalue weighted by molar-refractivity contribution is 5.47. The molecule has 1 aromatic carbocycles. The summed E-state index contributed by atoms with van der Waals surface area (Å²) in [5.74, 6) is 2.21. The first kappa shape index (κ1) is 11.3. The summed E-state index contributed by atoms with van der Waals surface area (Å²) in [5.41, 5.74) is 2.68. The van der Waals surface area contributed by atoms with E-state index in [1.54, 1.807) is 0 Å². The van der Waals surface area contributed by atoms with Gasteiger partial charge in [-0.15, -0.1) is 6.58 Å². The van der Waals surface area contributed by atoms with Crippen molar-refractivity contribution in [2.45, 2.75) is 38.5 Å². The van der Waals surface area contributed by atoms with Crippen molar-refractivity contribution < 1.29 is 4.74 Å². The van der Waals surface area contributed by atoms with Crippen LogP contribution in [-0.2, 0) is 0 Å². The van der Waals surface area contributed by atoms with Crippen LogP contribution in [0.5, 0.6) is 5.75 Å². The molecule has 1 nitrogen and oxygen atoms in total. The molecular weight excluding hydrogens is 196 g/mol. The Morgan fingerprint density at radius 2 is 2.25 bits per heavy atom. The minimum atomic E-state index is 0.361. The van der Waals surface area contributed by atoms with E-state index in [-0.39, 0.29) is 0 Å². The van der Waals surface area contributed by atoms with Crippen molar-refractivity contribution >= 4 is 0 Å². The van der Waals surface area contributed by atoms with Gasteiger partial charge in [-0.1, -0.05) is 31.2 Å². The van der Waals surface area contributed by atoms with E-state index < -0.39 is 0 Å². The highest BCUT2D eigenvalue weighted by Gasteiger charge is 2.28. The van der Waals surface area contributed by atoms with Crippen molar-refractivity contribution in [2.24, 2.45) is 0 Å². The molecule has 0 N–H and O–H groups in total. The minimum absolute atomic E-state index is 0.361. The Morgan fingerprint density at radius 3 is 2.81 bits per heavy atom. The molecule has 2 rings (SSSR count). The second-order valence-corrected chi connectivity index (χ2v) is 4.50. The Morgan fingerprint density at radius 1 is 1.50 bits per heavy atom. The number of benzene rings is 1. The van der Waals surface area contributed by atoms with E-state index >= 15 is 0 Å². The number of hydrogen-bond acceptors (Lipinski definition) is 1. The SMILES string of the molecule is C=CC(C)c1cccc(C2CC2)c1OCC. The zero-order valence-corrected chi connectivity index (χ0v) is 10.2. The third-order valence-electron chi connectivity index (χ3n) is 3.23. The van der Waals surface area contributed by atoms with Crippen molar-refractivity contribution in [1.82, 2.24) is 0 Å². The summed E-state index contributed by atoms with van der Waals surface area (Å²) in [6.45, 7) is 8.83. The van der Waals surface area contributed by atoms with Crippen LogP contribution in [0.25, 0.3) is 0 Å². The maximum absolute atomic E-state index is 5.84. The molecule has 0 spiro atoms. The predicted molar refractivity (Wildman–Crippen MR) is 68.2 cm³/mol. The second kappa shape index (κ2) is 4.73. The van der Waals surface area contributed by atoms with Crippen LogP contribution < -0.4 is 4.74 Å². The lowest BCUT2D eigenvalue weighted by atomic mass is 9.96. The van der Waals surface area contributed by atoms with Gasteiger partial charge in [0.2, 0.25) is 0 Å². The molecule has 0 aliphatic heterocycles. The largest absolute Gasteiger partial charge is 0.493 e. The first-order chi connectivity index (χ1) is 7.77. The van der Waals surface area contributed by atoms with E-state index in [1.807, 2.05) is 13.0 Å². The van der Waals surface area contributed by atoms with Gasteiger partial charge in [-0.2, -0.15) is 0 Å². The topological polar surface area (TPSA) is 9.23 Å². The zero-order valence-electron chi connectivity index (χ0n) is 10.2. The summed E-state index contributed by atoms with van der Waals surface area (Å²) in [5, 5.41) is 0. The summed E-state index contributed by atoms with van der Waals surface area (Å²) in [7, 11) is 0. The molecule has 0 heterocycles. The van der Waals surface area contributed by atoms with Gasteiger partial charge >= 0.3 is 0 Å². The lowest BCUT2D eigenvalue weighted by Crippen LogP contribution is -2.02. The molecule has 0 saturated heterocycles. The fourth-order valence-electron chi connectivity index (χ4n) is 2.09. The maximum atomic E-state index is 5.84. The van der Waals surface area contributed by atoms with Crippen LogP contribution in [0, 0.1) is 0 Å². The minimum Gasteiger partial charge on any atom is -0.493 e. The van der Waals surface area contributed by atoms with Crippen LogP contribution >= 0.6 is 0 Å². The van der Waals surface area contributed by atoms with Gasteiger partial charge in [0.05, 0.1) is 6.61 Å². The van der Waals surface area contributed by atoms with Crippen LogP contribution in [0.3, 0.4) is 0 Å². The Kier molecular flexibility index (Phi) is 3.33. The number of allylic oxidation sites excluding steroid dienone is 1. The molecule has 0 aromatic heterocycles.